The maximum Gasteiger partial charge on any atom is 0.316 e. The standard InChI is InChI=1S/C27H32F2N4O4.ClH/c1-3-18-6-5-7-19(10-18)15-30-16-24(34)23(13-20-11-21(28)14-22(29)12-20)31-25(35)17-33-9-8-32(4-2)26(36)27(33)37;/h5-12,14,23-24,30,34H,3-4,13,15-17H2,1-2H3,(H,31,35);1H/t23-,24-;/m0./s1. The summed E-state index contributed by atoms with van der Waals surface area (Å²) in [6, 6.07) is 10.1. The maximum absolute atomic E-state index is 13.8. The average Bonchev–Trinajstić information content (AvgIpc) is 2.86. The number of aliphatic hydroxyl groups is 1. The van der Waals surface area contributed by atoms with Crippen molar-refractivity contribution in [2.45, 2.75) is 58.5 Å². The van der Waals surface area contributed by atoms with Crippen molar-refractivity contribution in [1.29, 1.82) is 0 Å². The van der Waals surface area contributed by atoms with Crippen molar-refractivity contribution < 1.29 is 18.7 Å². The minimum Gasteiger partial charge on any atom is -0.390 e. The van der Waals surface area contributed by atoms with Gasteiger partial charge in [0.1, 0.15) is 18.2 Å². The molecule has 0 aliphatic carbocycles. The van der Waals surface area contributed by atoms with Gasteiger partial charge >= 0.3 is 11.1 Å². The van der Waals surface area contributed by atoms with Gasteiger partial charge in [-0.3, -0.25) is 19.0 Å². The van der Waals surface area contributed by atoms with E-state index in [0.29, 0.717) is 13.1 Å². The molecule has 2 atom stereocenters. The van der Waals surface area contributed by atoms with E-state index in [-0.39, 0.29) is 30.9 Å². The van der Waals surface area contributed by atoms with Crippen LogP contribution in [0.5, 0.6) is 0 Å². The van der Waals surface area contributed by atoms with Crippen LogP contribution in [0.1, 0.15) is 30.5 Å². The van der Waals surface area contributed by atoms with Crippen LogP contribution in [-0.4, -0.2) is 38.8 Å². The molecule has 8 nitrogen and oxygen atoms in total. The highest BCUT2D eigenvalue weighted by atomic mass is 35.5. The number of halogens is 3. The zero-order valence-electron chi connectivity index (χ0n) is 21.3. The van der Waals surface area contributed by atoms with Gasteiger partial charge in [0, 0.05) is 38.1 Å². The van der Waals surface area contributed by atoms with E-state index >= 15 is 0 Å². The molecular weight excluding hydrogens is 518 g/mol. The summed E-state index contributed by atoms with van der Waals surface area (Å²) in [7, 11) is 0. The lowest BCUT2D eigenvalue weighted by molar-refractivity contribution is -0.123. The molecule has 38 heavy (non-hydrogen) atoms. The number of hydrogen-bond donors (Lipinski definition) is 3. The van der Waals surface area contributed by atoms with E-state index in [4.69, 9.17) is 0 Å². The summed E-state index contributed by atoms with van der Waals surface area (Å²) >= 11 is 0. The van der Waals surface area contributed by atoms with Gasteiger partial charge in [0.15, 0.2) is 0 Å². The molecule has 0 aliphatic heterocycles. The van der Waals surface area contributed by atoms with Crippen molar-refractivity contribution in [2.75, 3.05) is 6.54 Å². The normalized spacial score (nSPS) is 12.4. The number of aliphatic hydroxyl groups excluding tert-OH is 1. The number of aromatic nitrogens is 2. The smallest absolute Gasteiger partial charge is 0.316 e. The first kappa shape index (κ1) is 30.9. The van der Waals surface area contributed by atoms with E-state index in [1.807, 2.05) is 18.2 Å². The van der Waals surface area contributed by atoms with Gasteiger partial charge in [-0.25, -0.2) is 8.78 Å². The predicted molar refractivity (Wildman–Crippen MR) is 143 cm³/mol. The summed E-state index contributed by atoms with van der Waals surface area (Å²) in [5.41, 5.74) is 0.862. The number of carbonyl (C=O) groups excluding carboxylic acids is 1. The molecule has 0 fully saturated rings. The van der Waals surface area contributed by atoms with Crippen LogP contribution >= 0.6 is 12.4 Å². The molecule has 0 saturated heterocycles. The van der Waals surface area contributed by atoms with Crippen LogP contribution in [0.4, 0.5) is 8.78 Å². The summed E-state index contributed by atoms with van der Waals surface area (Å²) in [6.45, 7) is 4.20. The quantitative estimate of drug-likeness (QED) is 0.300. The average molecular weight is 551 g/mol. The molecule has 0 unspecified atom stereocenters. The summed E-state index contributed by atoms with van der Waals surface area (Å²) < 4.78 is 29.7. The number of amides is 1. The van der Waals surface area contributed by atoms with Gasteiger partial charge < -0.3 is 20.3 Å². The fourth-order valence-electron chi connectivity index (χ4n) is 4.05. The molecule has 3 aromatic rings. The molecule has 1 heterocycles. The molecule has 3 N–H and O–H groups in total. The first-order valence-corrected chi connectivity index (χ1v) is 12.2. The molecule has 1 amide bonds. The molecule has 206 valence electrons. The molecule has 0 saturated carbocycles. The van der Waals surface area contributed by atoms with Crippen molar-refractivity contribution in [3.05, 3.63) is 104 Å². The second-order valence-corrected chi connectivity index (χ2v) is 8.85. The Morgan fingerprint density at radius 3 is 2.24 bits per heavy atom. The Morgan fingerprint density at radius 1 is 0.947 bits per heavy atom. The van der Waals surface area contributed by atoms with Crippen molar-refractivity contribution in [2.24, 2.45) is 0 Å². The van der Waals surface area contributed by atoms with Crippen LogP contribution in [0.15, 0.2) is 64.4 Å². The van der Waals surface area contributed by atoms with E-state index in [1.54, 1.807) is 6.92 Å². The fraction of sp³-hybridized carbons (Fsp3) is 0.370. The largest absolute Gasteiger partial charge is 0.390 e. The molecule has 0 bridgehead atoms. The minimum atomic E-state index is -1.12. The number of nitrogens with one attached hydrogen (secondary N) is 2. The van der Waals surface area contributed by atoms with Gasteiger partial charge in [0.05, 0.1) is 12.1 Å². The van der Waals surface area contributed by atoms with E-state index < -0.39 is 47.4 Å². The summed E-state index contributed by atoms with van der Waals surface area (Å²) in [6.07, 6.45) is 2.48. The zero-order chi connectivity index (χ0) is 26.9. The Labute approximate surface area is 225 Å². The molecule has 11 heteroatoms. The third-order valence-electron chi connectivity index (χ3n) is 6.06. The van der Waals surface area contributed by atoms with Crippen LogP contribution in [-0.2, 0) is 37.3 Å². The lowest BCUT2D eigenvalue weighted by Crippen LogP contribution is -2.50. The first-order chi connectivity index (χ1) is 17.7. The third kappa shape index (κ3) is 8.61. The maximum atomic E-state index is 13.8. The van der Waals surface area contributed by atoms with E-state index in [2.05, 4.69) is 23.6 Å². The Hall–Kier alpha value is -3.34. The highest BCUT2D eigenvalue weighted by Crippen LogP contribution is 2.12. The number of nitrogens with zero attached hydrogens (tertiary/aromatic N) is 2. The topological polar surface area (TPSA) is 105 Å². The van der Waals surface area contributed by atoms with E-state index in [0.717, 1.165) is 34.8 Å². The van der Waals surface area contributed by atoms with Crippen LogP contribution in [0.2, 0.25) is 0 Å². The SMILES string of the molecule is CCc1cccc(CNC[C@H](O)[C@H](Cc2cc(F)cc(F)c2)NC(=O)Cn2ccn(CC)c(=O)c2=O)c1.Cl. The minimum absolute atomic E-state index is 0. The highest BCUT2D eigenvalue weighted by molar-refractivity contribution is 5.85. The van der Waals surface area contributed by atoms with Gasteiger partial charge in [-0.1, -0.05) is 31.2 Å². The Kier molecular flexibility index (Phi) is 11.8. The van der Waals surface area contributed by atoms with Gasteiger partial charge in [-0.15, -0.1) is 12.4 Å². The van der Waals surface area contributed by atoms with Crippen LogP contribution < -0.4 is 21.8 Å². The molecule has 0 spiro atoms. The Balaban J connectivity index is 0.00000507. The summed E-state index contributed by atoms with van der Waals surface area (Å²) in [5.74, 6) is -2.18. The monoisotopic (exact) mass is 550 g/mol. The lowest BCUT2D eigenvalue weighted by atomic mass is 10.0. The highest BCUT2D eigenvalue weighted by Gasteiger charge is 2.23. The number of aryl methyl sites for hydroxylation is 2. The van der Waals surface area contributed by atoms with Crippen molar-refractivity contribution in [1.82, 2.24) is 19.8 Å². The molecule has 3 rings (SSSR count). The third-order valence-corrected chi connectivity index (χ3v) is 6.06. The number of hydrogen-bond acceptors (Lipinski definition) is 5. The van der Waals surface area contributed by atoms with Crippen LogP contribution in [0.3, 0.4) is 0 Å². The van der Waals surface area contributed by atoms with Crippen LogP contribution in [0, 0.1) is 11.6 Å². The lowest BCUT2D eigenvalue weighted by Gasteiger charge is -2.25. The molecule has 1 aromatic heterocycles. The molecule has 2 aromatic carbocycles. The fourth-order valence-corrected chi connectivity index (χ4v) is 4.05. The second kappa shape index (κ2) is 14.6. The number of benzene rings is 2. The van der Waals surface area contributed by atoms with Crippen molar-refractivity contribution in [3.63, 3.8) is 0 Å². The number of rotatable bonds is 12. The predicted octanol–water partition coefficient (Wildman–Crippen LogP) is 2.17. The Morgan fingerprint density at radius 2 is 1.58 bits per heavy atom. The molecular formula is C27H33ClF2N4O4. The molecule has 0 aliphatic rings. The van der Waals surface area contributed by atoms with Crippen LogP contribution in [0.25, 0.3) is 0 Å². The summed E-state index contributed by atoms with van der Waals surface area (Å²) in [5, 5.41) is 16.7. The van der Waals surface area contributed by atoms with Crippen molar-refractivity contribution >= 4 is 18.3 Å². The van der Waals surface area contributed by atoms with Gasteiger partial charge in [-0.2, -0.15) is 0 Å². The summed E-state index contributed by atoms with van der Waals surface area (Å²) in [4.78, 5) is 37.2. The van der Waals surface area contributed by atoms with Gasteiger partial charge in [-0.05, 0) is 48.6 Å². The number of carbonyl (C=O) groups is 1. The first-order valence-electron chi connectivity index (χ1n) is 12.2. The van der Waals surface area contributed by atoms with Gasteiger partial charge in [0.2, 0.25) is 5.91 Å². The van der Waals surface area contributed by atoms with E-state index in [1.165, 1.54) is 22.5 Å². The second-order valence-electron chi connectivity index (χ2n) is 8.85. The molecule has 0 radical (unpaired) electrons. The van der Waals surface area contributed by atoms with Crippen molar-refractivity contribution in [3.8, 4) is 0 Å². The van der Waals surface area contributed by atoms with Gasteiger partial charge in [0.25, 0.3) is 0 Å². The van der Waals surface area contributed by atoms with E-state index in [9.17, 15) is 28.3 Å². The Bertz CT molecular complexity index is 1320. The zero-order valence-corrected chi connectivity index (χ0v) is 22.1.